The van der Waals surface area contributed by atoms with Gasteiger partial charge in [0, 0.05) is 25.3 Å². The van der Waals surface area contributed by atoms with Crippen LogP contribution in [0.5, 0.6) is 0 Å². The van der Waals surface area contributed by atoms with Gasteiger partial charge >= 0.3 is 5.97 Å². The Kier molecular flexibility index (Phi) is 7.14. The first-order valence-electron chi connectivity index (χ1n) is 9.81. The fourth-order valence-electron chi connectivity index (χ4n) is 3.25. The molecule has 0 atom stereocenters. The lowest BCUT2D eigenvalue weighted by molar-refractivity contribution is -0.115. The van der Waals surface area contributed by atoms with Crippen LogP contribution in [0.4, 0.5) is 11.4 Å². The van der Waals surface area contributed by atoms with Crippen LogP contribution in [0, 0.1) is 11.3 Å². The van der Waals surface area contributed by atoms with Crippen LogP contribution in [0.2, 0.25) is 5.02 Å². The van der Waals surface area contributed by atoms with Crippen molar-refractivity contribution >= 4 is 34.9 Å². The van der Waals surface area contributed by atoms with Crippen LogP contribution in [-0.2, 0) is 16.0 Å². The number of methoxy groups -OCH3 is 1. The third kappa shape index (κ3) is 5.26. The highest BCUT2D eigenvalue weighted by atomic mass is 35.5. The molecule has 0 aromatic heterocycles. The minimum atomic E-state index is -0.588. The molecule has 162 valence electrons. The lowest BCUT2D eigenvalue weighted by Gasteiger charge is -2.15. The summed E-state index contributed by atoms with van der Waals surface area (Å²) in [6.07, 6.45) is 0.0432. The van der Waals surface area contributed by atoms with Gasteiger partial charge in [-0.2, -0.15) is 5.26 Å². The number of hydrogen-bond acceptors (Lipinski definition) is 5. The van der Waals surface area contributed by atoms with Gasteiger partial charge in [-0.1, -0.05) is 35.9 Å². The van der Waals surface area contributed by atoms with Crippen LogP contribution < -0.4 is 10.2 Å². The molecule has 6 nitrogen and oxygen atoms in total. The molecule has 3 rings (SSSR count). The number of ether oxygens (including phenoxy) is 1. The third-order valence-corrected chi connectivity index (χ3v) is 5.21. The molecule has 0 aliphatic rings. The Morgan fingerprint density at radius 3 is 2.44 bits per heavy atom. The number of esters is 1. The van der Waals surface area contributed by atoms with Crippen LogP contribution in [0.15, 0.2) is 60.7 Å². The predicted octanol–water partition coefficient (Wildman–Crippen LogP) is 4.91. The summed E-state index contributed by atoms with van der Waals surface area (Å²) in [5.41, 5.74) is 4.12. The van der Waals surface area contributed by atoms with Crippen molar-refractivity contribution in [1.29, 1.82) is 5.26 Å². The maximum atomic E-state index is 12.6. The average Bonchev–Trinajstić information content (AvgIpc) is 2.78. The van der Waals surface area contributed by atoms with E-state index >= 15 is 0 Å². The van der Waals surface area contributed by atoms with Crippen LogP contribution in [0.3, 0.4) is 0 Å². The van der Waals surface area contributed by atoms with Crippen molar-refractivity contribution in [3.8, 4) is 17.2 Å². The first kappa shape index (κ1) is 22.9. The van der Waals surface area contributed by atoms with E-state index < -0.39 is 5.97 Å². The number of halogens is 1. The lowest BCUT2D eigenvalue weighted by Crippen LogP contribution is -2.17. The van der Waals surface area contributed by atoms with E-state index in [4.69, 9.17) is 21.6 Å². The topological polar surface area (TPSA) is 82.4 Å². The van der Waals surface area contributed by atoms with Gasteiger partial charge in [0.25, 0.3) is 0 Å². The average molecular weight is 448 g/mol. The number of nitrogens with one attached hydrogen (secondary N) is 1. The van der Waals surface area contributed by atoms with Crippen molar-refractivity contribution in [1.82, 2.24) is 0 Å². The molecule has 0 saturated heterocycles. The summed E-state index contributed by atoms with van der Waals surface area (Å²) in [5.74, 6) is -0.931. The van der Waals surface area contributed by atoms with Gasteiger partial charge in [-0.05, 0) is 47.5 Å². The monoisotopic (exact) mass is 447 g/mol. The van der Waals surface area contributed by atoms with E-state index in [1.807, 2.05) is 49.3 Å². The van der Waals surface area contributed by atoms with E-state index in [9.17, 15) is 9.59 Å². The fraction of sp³-hybridized carbons (Fsp3) is 0.160. The molecular formula is C25H22ClN3O3. The summed E-state index contributed by atoms with van der Waals surface area (Å²) in [6, 6.07) is 19.7. The van der Waals surface area contributed by atoms with Crippen molar-refractivity contribution in [2.45, 2.75) is 6.42 Å². The lowest BCUT2D eigenvalue weighted by atomic mass is 10.0. The molecule has 0 aliphatic heterocycles. The van der Waals surface area contributed by atoms with Crippen LogP contribution >= 0.6 is 11.6 Å². The number of rotatable bonds is 6. The smallest absolute Gasteiger partial charge is 0.339 e. The number of amides is 1. The van der Waals surface area contributed by atoms with Crippen molar-refractivity contribution in [3.05, 3.63) is 82.4 Å². The number of nitriles is 1. The van der Waals surface area contributed by atoms with Gasteiger partial charge in [0.2, 0.25) is 5.91 Å². The molecule has 0 heterocycles. The summed E-state index contributed by atoms with van der Waals surface area (Å²) in [4.78, 5) is 27.0. The number of benzene rings is 3. The molecular weight excluding hydrogens is 426 g/mol. The molecule has 0 unspecified atom stereocenters. The van der Waals surface area contributed by atoms with Gasteiger partial charge in [-0.3, -0.25) is 4.79 Å². The van der Waals surface area contributed by atoms with E-state index in [1.54, 1.807) is 36.4 Å². The maximum Gasteiger partial charge on any atom is 0.339 e. The summed E-state index contributed by atoms with van der Waals surface area (Å²) in [6.45, 7) is 0. The van der Waals surface area contributed by atoms with Gasteiger partial charge < -0.3 is 15.0 Å². The Hall–Kier alpha value is -3.82. The highest BCUT2D eigenvalue weighted by molar-refractivity contribution is 6.34. The summed E-state index contributed by atoms with van der Waals surface area (Å²) < 4.78 is 4.91. The quantitative estimate of drug-likeness (QED) is 0.543. The number of nitrogens with zero attached hydrogens (tertiary/aromatic N) is 2. The molecule has 0 saturated carbocycles. The van der Waals surface area contributed by atoms with E-state index in [1.165, 1.54) is 7.11 Å². The highest BCUT2D eigenvalue weighted by Crippen LogP contribution is 2.34. The van der Waals surface area contributed by atoms with E-state index in [0.717, 1.165) is 11.3 Å². The molecule has 3 aromatic rings. The zero-order valence-corrected chi connectivity index (χ0v) is 18.7. The second kappa shape index (κ2) is 9.99. The number of anilines is 2. The second-order valence-electron chi connectivity index (χ2n) is 7.35. The van der Waals surface area contributed by atoms with Crippen molar-refractivity contribution < 1.29 is 14.3 Å². The number of carbonyl (C=O) groups excluding carboxylic acids is 2. The molecule has 0 aliphatic carbocycles. The molecule has 0 bridgehead atoms. The summed E-state index contributed by atoms with van der Waals surface area (Å²) in [7, 11) is 5.18. The van der Waals surface area contributed by atoms with Crippen molar-refractivity contribution in [2.24, 2.45) is 0 Å². The van der Waals surface area contributed by atoms with E-state index in [0.29, 0.717) is 21.7 Å². The number of hydrogen-bond donors (Lipinski definition) is 1. The summed E-state index contributed by atoms with van der Waals surface area (Å²) in [5, 5.41) is 12.2. The molecule has 7 heteroatoms. The zero-order chi connectivity index (χ0) is 23.3. The largest absolute Gasteiger partial charge is 0.465 e. The molecule has 0 spiro atoms. The minimum absolute atomic E-state index is 0.0432. The van der Waals surface area contributed by atoms with Gasteiger partial charge in [-0.15, -0.1) is 0 Å². The normalized spacial score (nSPS) is 10.2. The zero-order valence-electron chi connectivity index (χ0n) is 18.0. The predicted molar refractivity (Wildman–Crippen MR) is 126 cm³/mol. The fourth-order valence-corrected chi connectivity index (χ4v) is 3.52. The van der Waals surface area contributed by atoms with Crippen LogP contribution in [0.25, 0.3) is 11.1 Å². The first-order chi connectivity index (χ1) is 15.3. The van der Waals surface area contributed by atoms with Crippen molar-refractivity contribution in [2.75, 3.05) is 31.4 Å². The van der Waals surface area contributed by atoms with Gasteiger partial charge in [0.1, 0.15) is 0 Å². The standard InChI is InChI=1S/C25H22ClN3O3/c1-29(2)19-9-7-18(8-10-19)20-13-21(25(31)32-3)23(14-22(20)26)28-24(30)12-16-5-4-6-17(11-16)15-27/h4-11,13-14H,12H2,1-3H3,(H,28,30). The number of carbonyl (C=O) groups is 2. The molecule has 0 radical (unpaired) electrons. The van der Waals surface area contributed by atoms with Gasteiger partial charge in [0.05, 0.1) is 41.4 Å². The van der Waals surface area contributed by atoms with Gasteiger partial charge in [-0.25, -0.2) is 4.79 Å². The Labute approximate surface area is 192 Å². The van der Waals surface area contributed by atoms with Crippen LogP contribution in [0.1, 0.15) is 21.5 Å². The molecule has 1 N–H and O–H groups in total. The SMILES string of the molecule is COC(=O)c1cc(-c2ccc(N(C)C)cc2)c(Cl)cc1NC(=O)Cc1cccc(C#N)c1. The van der Waals surface area contributed by atoms with E-state index in [2.05, 4.69) is 5.32 Å². The molecule has 1 amide bonds. The van der Waals surface area contributed by atoms with E-state index in [-0.39, 0.29) is 23.6 Å². The van der Waals surface area contributed by atoms with Crippen LogP contribution in [-0.4, -0.2) is 33.1 Å². The molecule has 0 fully saturated rings. The second-order valence-corrected chi connectivity index (χ2v) is 7.75. The first-order valence-corrected chi connectivity index (χ1v) is 10.2. The Morgan fingerprint density at radius 2 is 1.81 bits per heavy atom. The summed E-state index contributed by atoms with van der Waals surface area (Å²) >= 11 is 6.52. The Bertz CT molecular complexity index is 1200. The Morgan fingerprint density at radius 1 is 1.09 bits per heavy atom. The molecule has 32 heavy (non-hydrogen) atoms. The van der Waals surface area contributed by atoms with Crippen molar-refractivity contribution in [3.63, 3.8) is 0 Å². The third-order valence-electron chi connectivity index (χ3n) is 4.90. The molecule has 3 aromatic carbocycles. The minimum Gasteiger partial charge on any atom is -0.465 e. The Balaban J connectivity index is 1.92. The maximum absolute atomic E-state index is 12.6. The highest BCUT2D eigenvalue weighted by Gasteiger charge is 2.18. The van der Waals surface area contributed by atoms with Gasteiger partial charge in [0.15, 0.2) is 0 Å².